The van der Waals surface area contributed by atoms with Crippen LogP contribution in [0.25, 0.3) is 22.3 Å². The third-order valence-electron chi connectivity index (χ3n) is 7.99. The molecule has 1 aliphatic heterocycles. The molecule has 0 radical (unpaired) electrons. The van der Waals surface area contributed by atoms with Gasteiger partial charge in [-0.25, -0.2) is 15.0 Å². The number of fused-ring (bicyclic) bond motifs is 1. The Kier molecular flexibility index (Phi) is 6.13. The Morgan fingerprint density at radius 2 is 1.86 bits per heavy atom. The molecule has 2 aliphatic rings. The highest BCUT2D eigenvalue weighted by Crippen LogP contribution is 2.46. The Bertz CT molecular complexity index is 1430. The lowest BCUT2D eigenvalue weighted by Gasteiger charge is -2.42. The minimum Gasteiger partial charge on any atom is -0.340 e. The molecule has 2 fully saturated rings. The summed E-state index contributed by atoms with van der Waals surface area (Å²) in [4.78, 5) is 19.3. The van der Waals surface area contributed by atoms with E-state index in [-0.39, 0.29) is 11.5 Å². The first-order valence-electron chi connectivity index (χ1n) is 13.3. The third kappa shape index (κ3) is 4.81. The Labute approximate surface area is 218 Å². The number of piperidine rings is 1. The molecule has 37 heavy (non-hydrogen) atoms. The van der Waals surface area contributed by atoms with Crippen molar-refractivity contribution in [2.45, 2.75) is 52.0 Å². The fraction of sp³-hybridized carbons (Fsp3) is 0.400. The molecule has 2 atom stereocenters. The standard InChI is InChI=1S/C30H35N7/c1-18-4-8-21(9-5-18)35-25-14-20(10-13-34-25)29-36-24-16-33-15-22(19-6-7-19)26(24)28(37-29)27(31)23-11-12-32-17-30(23,2)3/h4-5,8-10,13-16,19,23,27,32H,6-7,11-12,17,31H2,1-3H3,(H,34,35). The molecule has 3 aromatic heterocycles. The minimum absolute atomic E-state index is 0.0731. The van der Waals surface area contributed by atoms with E-state index < -0.39 is 0 Å². The number of hydrogen-bond donors (Lipinski definition) is 3. The minimum atomic E-state index is -0.187. The zero-order valence-electron chi connectivity index (χ0n) is 21.8. The molecule has 1 saturated carbocycles. The largest absolute Gasteiger partial charge is 0.340 e. The van der Waals surface area contributed by atoms with Gasteiger partial charge in [0.05, 0.1) is 23.4 Å². The van der Waals surface area contributed by atoms with Crippen molar-refractivity contribution in [3.63, 3.8) is 0 Å². The summed E-state index contributed by atoms with van der Waals surface area (Å²) in [7, 11) is 0. The zero-order valence-corrected chi connectivity index (χ0v) is 21.8. The van der Waals surface area contributed by atoms with Crippen LogP contribution in [0.5, 0.6) is 0 Å². The number of pyridine rings is 2. The average Bonchev–Trinajstić information content (AvgIpc) is 3.74. The summed E-state index contributed by atoms with van der Waals surface area (Å²) in [5.41, 5.74) is 13.4. The Morgan fingerprint density at radius 1 is 1.05 bits per heavy atom. The van der Waals surface area contributed by atoms with E-state index in [0.29, 0.717) is 17.7 Å². The van der Waals surface area contributed by atoms with E-state index in [2.05, 4.69) is 65.6 Å². The van der Waals surface area contributed by atoms with Crippen molar-refractivity contribution in [2.75, 3.05) is 18.4 Å². The molecule has 0 bridgehead atoms. The molecule has 1 saturated heterocycles. The van der Waals surface area contributed by atoms with Crippen molar-refractivity contribution in [3.05, 3.63) is 71.8 Å². The van der Waals surface area contributed by atoms with Crippen LogP contribution in [0.4, 0.5) is 11.5 Å². The Hall–Kier alpha value is -3.42. The molecule has 0 amide bonds. The van der Waals surface area contributed by atoms with Gasteiger partial charge in [0.1, 0.15) is 5.82 Å². The van der Waals surface area contributed by atoms with Crippen LogP contribution in [0.2, 0.25) is 0 Å². The van der Waals surface area contributed by atoms with E-state index in [4.69, 9.17) is 15.7 Å². The van der Waals surface area contributed by atoms with E-state index in [1.165, 1.54) is 24.0 Å². The van der Waals surface area contributed by atoms with E-state index in [9.17, 15) is 0 Å². The fourth-order valence-corrected chi connectivity index (χ4v) is 5.68. The third-order valence-corrected chi connectivity index (χ3v) is 7.99. The van der Waals surface area contributed by atoms with Gasteiger partial charge in [0.25, 0.3) is 0 Å². The van der Waals surface area contributed by atoms with E-state index >= 15 is 0 Å². The topological polar surface area (TPSA) is 102 Å². The molecular weight excluding hydrogens is 458 g/mol. The van der Waals surface area contributed by atoms with Gasteiger partial charge in [-0.1, -0.05) is 31.5 Å². The Morgan fingerprint density at radius 3 is 2.62 bits per heavy atom. The van der Waals surface area contributed by atoms with E-state index in [0.717, 1.165) is 53.2 Å². The van der Waals surface area contributed by atoms with Crippen molar-refractivity contribution in [1.29, 1.82) is 0 Å². The van der Waals surface area contributed by atoms with Crippen LogP contribution in [-0.2, 0) is 0 Å². The van der Waals surface area contributed by atoms with Gasteiger partial charge >= 0.3 is 0 Å². The molecule has 1 aliphatic carbocycles. The van der Waals surface area contributed by atoms with E-state index in [1.54, 1.807) is 6.20 Å². The van der Waals surface area contributed by atoms with Gasteiger partial charge in [0.2, 0.25) is 0 Å². The summed E-state index contributed by atoms with van der Waals surface area (Å²) < 4.78 is 0. The lowest BCUT2D eigenvalue weighted by Crippen LogP contribution is -2.47. The molecule has 1 aromatic carbocycles. The molecule has 190 valence electrons. The van der Waals surface area contributed by atoms with Crippen LogP contribution in [0.3, 0.4) is 0 Å². The molecule has 7 nitrogen and oxygen atoms in total. The van der Waals surface area contributed by atoms with Crippen LogP contribution >= 0.6 is 0 Å². The number of rotatable bonds is 6. The lowest BCUT2D eigenvalue weighted by atomic mass is 9.70. The summed E-state index contributed by atoms with van der Waals surface area (Å²) in [6.07, 6.45) is 9.07. The van der Waals surface area contributed by atoms with Gasteiger partial charge in [-0.05, 0) is 79.8 Å². The van der Waals surface area contributed by atoms with Gasteiger partial charge < -0.3 is 16.4 Å². The van der Waals surface area contributed by atoms with Crippen LogP contribution in [0.1, 0.15) is 61.9 Å². The summed E-state index contributed by atoms with van der Waals surface area (Å²) in [5, 5.41) is 8.05. The predicted octanol–water partition coefficient (Wildman–Crippen LogP) is 5.65. The molecule has 6 rings (SSSR count). The number of aryl methyl sites for hydroxylation is 1. The fourth-order valence-electron chi connectivity index (χ4n) is 5.68. The summed E-state index contributed by atoms with van der Waals surface area (Å²) in [6, 6.07) is 12.1. The summed E-state index contributed by atoms with van der Waals surface area (Å²) in [6.45, 7) is 8.63. The number of benzene rings is 1. The van der Waals surface area contributed by atoms with Crippen molar-refractivity contribution < 1.29 is 0 Å². The number of nitrogens with zero attached hydrogens (tertiary/aromatic N) is 4. The van der Waals surface area contributed by atoms with Crippen molar-refractivity contribution >= 4 is 22.4 Å². The highest BCUT2D eigenvalue weighted by molar-refractivity contribution is 5.86. The first kappa shape index (κ1) is 23.9. The van der Waals surface area contributed by atoms with Gasteiger partial charge in [0, 0.05) is 35.6 Å². The van der Waals surface area contributed by atoms with Crippen molar-refractivity contribution in [2.24, 2.45) is 17.1 Å². The molecule has 4 heterocycles. The summed E-state index contributed by atoms with van der Waals surface area (Å²) in [5.74, 6) is 2.26. The molecule has 7 heteroatoms. The predicted molar refractivity (Wildman–Crippen MR) is 149 cm³/mol. The highest BCUT2D eigenvalue weighted by Gasteiger charge is 2.39. The van der Waals surface area contributed by atoms with Crippen LogP contribution in [0.15, 0.2) is 55.0 Å². The maximum Gasteiger partial charge on any atom is 0.160 e. The lowest BCUT2D eigenvalue weighted by molar-refractivity contribution is 0.128. The Balaban J connectivity index is 1.44. The number of aromatic nitrogens is 4. The first-order valence-corrected chi connectivity index (χ1v) is 13.3. The van der Waals surface area contributed by atoms with Crippen molar-refractivity contribution in [1.82, 2.24) is 25.3 Å². The van der Waals surface area contributed by atoms with Crippen LogP contribution in [0, 0.1) is 18.3 Å². The number of nitrogens with two attached hydrogens (primary N) is 1. The molecule has 2 unspecified atom stereocenters. The summed E-state index contributed by atoms with van der Waals surface area (Å²) >= 11 is 0. The first-order chi connectivity index (χ1) is 17.9. The maximum absolute atomic E-state index is 7.13. The second kappa shape index (κ2) is 9.47. The molecule has 4 aromatic rings. The molecule has 0 spiro atoms. The van der Waals surface area contributed by atoms with Crippen molar-refractivity contribution in [3.8, 4) is 11.4 Å². The van der Waals surface area contributed by atoms with Gasteiger partial charge in [-0.3, -0.25) is 4.98 Å². The second-order valence-corrected chi connectivity index (χ2v) is 11.3. The second-order valence-electron chi connectivity index (χ2n) is 11.3. The van der Waals surface area contributed by atoms with E-state index in [1.807, 2.05) is 24.5 Å². The highest BCUT2D eigenvalue weighted by atomic mass is 15.0. The maximum atomic E-state index is 7.13. The molecule has 4 N–H and O–H groups in total. The number of nitrogens with one attached hydrogen (secondary N) is 2. The normalized spacial score (nSPS) is 20.1. The zero-order chi connectivity index (χ0) is 25.6. The van der Waals surface area contributed by atoms with Gasteiger partial charge in [-0.15, -0.1) is 0 Å². The average molecular weight is 494 g/mol. The van der Waals surface area contributed by atoms with Crippen LogP contribution < -0.4 is 16.4 Å². The van der Waals surface area contributed by atoms with Crippen LogP contribution in [-0.4, -0.2) is 33.0 Å². The smallest absolute Gasteiger partial charge is 0.160 e. The van der Waals surface area contributed by atoms with Gasteiger partial charge in [-0.2, -0.15) is 0 Å². The number of anilines is 2. The monoisotopic (exact) mass is 493 g/mol. The quantitative estimate of drug-likeness (QED) is 0.319. The number of hydrogen-bond acceptors (Lipinski definition) is 7. The SMILES string of the molecule is Cc1ccc(Nc2cc(-c3nc(C(N)C4CCNCC4(C)C)c4c(C5CC5)cncc4n3)ccn2)cc1. The van der Waals surface area contributed by atoms with Gasteiger partial charge in [0.15, 0.2) is 5.82 Å². The molecular formula is C30H35N7.